The number of fused-ring (bicyclic) bond motifs is 1. The minimum atomic E-state index is -5.58. The van der Waals surface area contributed by atoms with Crippen molar-refractivity contribution in [3.63, 3.8) is 0 Å². The first-order valence-electron chi connectivity index (χ1n) is 18.9. The highest BCUT2D eigenvalue weighted by atomic mass is 32.2. The number of carbonyl (C=O) groups is 3. The number of amides is 2. The van der Waals surface area contributed by atoms with Gasteiger partial charge in [-0.15, -0.1) is 0 Å². The highest BCUT2D eigenvalue weighted by molar-refractivity contribution is 8.13. The third-order valence-electron chi connectivity index (χ3n) is 8.77. The van der Waals surface area contributed by atoms with E-state index in [4.69, 9.17) is 19.5 Å². The van der Waals surface area contributed by atoms with E-state index in [1.54, 1.807) is 6.08 Å². The van der Waals surface area contributed by atoms with Crippen LogP contribution in [0.3, 0.4) is 0 Å². The second-order valence-electron chi connectivity index (χ2n) is 14.3. The molecule has 11 N–H and O–H groups in total. The van der Waals surface area contributed by atoms with Gasteiger partial charge in [-0.1, -0.05) is 63.9 Å². The number of aliphatic hydroxyl groups excluding tert-OH is 3. The molecule has 0 bridgehead atoms. The van der Waals surface area contributed by atoms with Crippen LogP contribution in [0.2, 0.25) is 0 Å². The zero-order valence-corrected chi connectivity index (χ0v) is 37.0. The Labute approximate surface area is 354 Å². The molecule has 346 valence electrons. The van der Waals surface area contributed by atoms with Crippen molar-refractivity contribution in [3.05, 3.63) is 24.8 Å². The third kappa shape index (κ3) is 17.4. The van der Waals surface area contributed by atoms with E-state index in [0.29, 0.717) is 0 Å². The summed E-state index contributed by atoms with van der Waals surface area (Å²) in [5.74, 6) is -1.34. The van der Waals surface area contributed by atoms with Gasteiger partial charge in [-0.2, -0.15) is 4.31 Å². The Morgan fingerprint density at radius 1 is 1.02 bits per heavy atom. The van der Waals surface area contributed by atoms with E-state index >= 15 is 0 Å². The summed E-state index contributed by atoms with van der Waals surface area (Å²) in [5.41, 5.74) is 4.24. The minimum absolute atomic E-state index is 0.0256. The molecule has 1 saturated heterocycles. The normalized spacial score (nSPS) is 21.5. The number of phosphoric ester groups is 3. The van der Waals surface area contributed by atoms with E-state index in [2.05, 4.69) is 41.3 Å². The molecule has 8 atom stereocenters. The number of imidazole rings is 1. The molecular weight excluding hydrogens is 895 g/mol. The predicted molar refractivity (Wildman–Crippen MR) is 216 cm³/mol. The Bertz CT molecular complexity index is 1950. The van der Waals surface area contributed by atoms with Gasteiger partial charge in [0, 0.05) is 30.7 Å². The van der Waals surface area contributed by atoms with Gasteiger partial charge in [0.05, 0.1) is 19.5 Å². The average Bonchev–Trinajstić information content (AvgIpc) is 3.73. The summed E-state index contributed by atoms with van der Waals surface area (Å²) < 4.78 is 62.2. The van der Waals surface area contributed by atoms with Crippen molar-refractivity contribution in [2.75, 3.05) is 37.8 Å². The van der Waals surface area contributed by atoms with Crippen LogP contribution in [0.4, 0.5) is 5.82 Å². The summed E-state index contributed by atoms with van der Waals surface area (Å²) in [7, 11) is -16.4. The van der Waals surface area contributed by atoms with Crippen molar-refractivity contribution >= 4 is 69.1 Å². The molecule has 1 aliphatic rings. The Morgan fingerprint density at radius 2 is 1.72 bits per heavy atom. The van der Waals surface area contributed by atoms with Crippen LogP contribution in [0, 0.1) is 5.41 Å². The molecule has 1 fully saturated rings. The number of hydrogen-bond donors (Lipinski definition) is 10. The number of aliphatic hydroxyl groups is 3. The SMILES string of the molecule is CCCCCC/C=C/CC(O)C(=O)SCCNC(=O)CCNC(=O)C(O)C(C)(C)COP(=O)(O)OP(=O)(O)OCC1OC(n2cnc3c(N)ncnc32)C(O)C1OP(=O)(O)O. The van der Waals surface area contributed by atoms with Crippen molar-refractivity contribution < 1.29 is 85.6 Å². The molecule has 8 unspecified atom stereocenters. The lowest BCUT2D eigenvalue weighted by Crippen LogP contribution is -2.46. The number of allylic oxidation sites excluding steroid dienone is 1. The first-order chi connectivity index (χ1) is 28.5. The lowest BCUT2D eigenvalue weighted by molar-refractivity contribution is -0.137. The number of carbonyl (C=O) groups excluding carboxylic acids is 3. The van der Waals surface area contributed by atoms with Crippen LogP contribution in [0.1, 0.15) is 71.9 Å². The van der Waals surface area contributed by atoms with Crippen molar-refractivity contribution in [3.8, 4) is 0 Å². The van der Waals surface area contributed by atoms with Crippen LogP contribution >= 0.6 is 35.2 Å². The molecule has 0 spiro atoms. The zero-order chi connectivity index (χ0) is 45.6. The number of thioether (sulfide) groups is 1. The lowest BCUT2D eigenvalue weighted by Gasteiger charge is -2.30. The van der Waals surface area contributed by atoms with Gasteiger partial charge in [0.25, 0.3) is 0 Å². The number of hydrogen-bond acceptors (Lipinski definition) is 19. The number of nitrogens with two attached hydrogens (primary N) is 1. The molecule has 2 aromatic rings. The molecule has 0 aromatic carbocycles. The fourth-order valence-electron chi connectivity index (χ4n) is 5.51. The summed E-state index contributed by atoms with van der Waals surface area (Å²) in [6, 6.07) is 0. The van der Waals surface area contributed by atoms with Crippen molar-refractivity contribution in [2.24, 2.45) is 5.41 Å². The maximum atomic E-state index is 12.7. The van der Waals surface area contributed by atoms with Gasteiger partial charge in [-0.25, -0.2) is 28.6 Å². The van der Waals surface area contributed by atoms with E-state index in [9.17, 15) is 63.0 Å². The molecule has 25 nitrogen and oxygen atoms in total. The first-order valence-corrected chi connectivity index (χ1v) is 24.4. The standard InChI is InChI=1S/C32H54N7O18P3S/c1-4-5-6-7-8-9-10-11-20(40)31(45)61-15-14-34-22(41)12-13-35-29(44)26(43)32(2,3)17-54-60(51,52)57-59(49,50)53-16-21-25(56-58(46,47)48)24(42)30(55-21)39-19-38-23-27(33)36-18-37-28(23)39/h9-10,18-21,24-26,30,40,42-43H,4-8,11-17H2,1-3H3,(H,34,41)(H,35,44)(H,49,50)(H,51,52)(H2,33,36,37)(H2,46,47,48)/b10-9+. The second-order valence-corrected chi connectivity index (χ2v) is 19.6. The molecule has 2 aromatic heterocycles. The smallest absolute Gasteiger partial charge is 0.386 e. The first kappa shape index (κ1) is 52.6. The largest absolute Gasteiger partial charge is 0.481 e. The maximum absolute atomic E-state index is 12.7. The fraction of sp³-hybridized carbons (Fsp3) is 0.688. The monoisotopic (exact) mass is 949 g/mol. The number of rotatable bonds is 27. The molecule has 0 saturated carbocycles. The van der Waals surface area contributed by atoms with Gasteiger partial charge in [0.15, 0.2) is 17.7 Å². The Balaban J connectivity index is 1.42. The molecule has 3 rings (SSSR count). The molecule has 3 heterocycles. The minimum Gasteiger partial charge on any atom is -0.386 e. The number of unbranched alkanes of at least 4 members (excludes halogenated alkanes) is 4. The molecular formula is C32H54N7O18P3S. The van der Waals surface area contributed by atoms with Gasteiger partial charge in [0.2, 0.25) is 16.9 Å². The van der Waals surface area contributed by atoms with E-state index in [0.717, 1.165) is 61.1 Å². The molecule has 1 aliphatic heterocycles. The highest BCUT2D eigenvalue weighted by Gasteiger charge is 2.50. The fourth-order valence-corrected chi connectivity index (χ4v) is 9.03. The van der Waals surface area contributed by atoms with Crippen LogP contribution in [0.5, 0.6) is 0 Å². The molecule has 61 heavy (non-hydrogen) atoms. The topological polar surface area (TPSA) is 384 Å². The van der Waals surface area contributed by atoms with Crippen molar-refractivity contribution in [1.29, 1.82) is 0 Å². The summed E-state index contributed by atoms with van der Waals surface area (Å²) in [6.07, 6.45) is 1.09. The van der Waals surface area contributed by atoms with Gasteiger partial charge < -0.3 is 56.0 Å². The maximum Gasteiger partial charge on any atom is 0.481 e. The molecule has 29 heteroatoms. The lowest BCUT2D eigenvalue weighted by atomic mass is 9.87. The summed E-state index contributed by atoms with van der Waals surface area (Å²) in [6.45, 7) is 2.43. The molecule has 0 aliphatic carbocycles. The number of aromatic nitrogens is 4. The Morgan fingerprint density at radius 3 is 2.41 bits per heavy atom. The van der Waals surface area contributed by atoms with E-state index in [1.807, 2.05) is 6.08 Å². The Kier molecular flexibility index (Phi) is 20.5. The van der Waals surface area contributed by atoms with Crippen molar-refractivity contribution in [1.82, 2.24) is 30.2 Å². The highest BCUT2D eigenvalue weighted by Crippen LogP contribution is 2.61. The summed E-state index contributed by atoms with van der Waals surface area (Å²) >= 11 is 0.869. The van der Waals surface area contributed by atoms with E-state index in [-0.39, 0.29) is 48.7 Å². The van der Waals surface area contributed by atoms with Crippen LogP contribution in [0.25, 0.3) is 11.2 Å². The zero-order valence-electron chi connectivity index (χ0n) is 33.5. The van der Waals surface area contributed by atoms with Crippen molar-refractivity contribution in [2.45, 2.75) is 102 Å². The number of nitrogens with zero attached hydrogens (tertiary/aromatic N) is 4. The van der Waals surface area contributed by atoms with Gasteiger partial charge >= 0.3 is 23.5 Å². The summed E-state index contributed by atoms with van der Waals surface area (Å²) in [5, 5.41) is 36.0. The number of nitrogen functional groups attached to an aromatic ring is 1. The van der Waals surface area contributed by atoms with Crippen LogP contribution < -0.4 is 16.4 Å². The Hall–Kier alpha value is -2.74. The van der Waals surface area contributed by atoms with Gasteiger partial charge in [0.1, 0.15) is 42.4 Å². The quantitative estimate of drug-likeness (QED) is 0.0338. The number of phosphoric acid groups is 3. The molecule has 0 radical (unpaired) electrons. The summed E-state index contributed by atoms with van der Waals surface area (Å²) in [4.78, 5) is 88.0. The number of nitrogens with one attached hydrogen (secondary N) is 2. The number of ether oxygens (including phenoxy) is 1. The second kappa shape index (κ2) is 23.8. The van der Waals surface area contributed by atoms with Gasteiger partial charge in [-0.3, -0.25) is 32.5 Å². The van der Waals surface area contributed by atoms with E-state index in [1.165, 1.54) is 13.8 Å². The van der Waals surface area contributed by atoms with Crippen LogP contribution in [0.15, 0.2) is 24.8 Å². The molecule has 2 amide bonds. The van der Waals surface area contributed by atoms with Gasteiger partial charge in [-0.05, 0) is 19.3 Å². The van der Waals surface area contributed by atoms with E-state index < -0.39 is 95.8 Å². The average molecular weight is 950 g/mol. The number of anilines is 1. The predicted octanol–water partition coefficient (Wildman–Crippen LogP) is 0.942. The van der Waals surface area contributed by atoms with Crippen LogP contribution in [-0.2, 0) is 50.7 Å². The third-order valence-corrected chi connectivity index (χ3v) is 12.8. The van der Waals surface area contributed by atoms with Crippen LogP contribution in [-0.4, -0.2) is 134 Å².